The summed E-state index contributed by atoms with van der Waals surface area (Å²) < 4.78 is 0. The van der Waals surface area contributed by atoms with Gasteiger partial charge in [-0.05, 0) is 12.5 Å². The van der Waals surface area contributed by atoms with Crippen LogP contribution in [0.15, 0.2) is 29.3 Å². The number of rotatable bonds is 1. The van der Waals surface area contributed by atoms with E-state index < -0.39 is 0 Å². The Morgan fingerprint density at radius 3 is 3.00 bits per heavy atom. The SMILES string of the molecule is CCC1C=CC=CC(=NC)N1. The molecule has 0 spiro atoms. The highest BCUT2D eigenvalue weighted by atomic mass is 15.0. The molecule has 1 heterocycles. The first kappa shape index (κ1) is 8.05. The molecule has 1 atom stereocenters. The molecule has 0 saturated heterocycles. The van der Waals surface area contributed by atoms with Crippen molar-refractivity contribution in [2.45, 2.75) is 19.4 Å². The molecule has 2 heteroatoms. The van der Waals surface area contributed by atoms with Gasteiger partial charge in [0.2, 0.25) is 0 Å². The molecule has 1 aliphatic heterocycles. The molecule has 0 bridgehead atoms. The van der Waals surface area contributed by atoms with E-state index in [0.29, 0.717) is 6.04 Å². The van der Waals surface area contributed by atoms with Gasteiger partial charge in [-0.3, -0.25) is 4.99 Å². The quantitative estimate of drug-likeness (QED) is 0.602. The molecule has 60 valence electrons. The van der Waals surface area contributed by atoms with Gasteiger partial charge in [-0.1, -0.05) is 25.2 Å². The zero-order chi connectivity index (χ0) is 8.10. The third-order valence-corrected chi connectivity index (χ3v) is 1.72. The summed E-state index contributed by atoms with van der Waals surface area (Å²) in [5.41, 5.74) is 0. The molecular weight excluding hydrogens is 136 g/mol. The van der Waals surface area contributed by atoms with Gasteiger partial charge in [0.1, 0.15) is 5.84 Å². The summed E-state index contributed by atoms with van der Waals surface area (Å²) in [7, 11) is 1.80. The number of aliphatic imine (C=N–C) groups is 1. The summed E-state index contributed by atoms with van der Waals surface area (Å²) in [4.78, 5) is 4.08. The molecule has 0 aliphatic carbocycles. The van der Waals surface area contributed by atoms with Crippen molar-refractivity contribution < 1.29 is 0 Å². The highest BCUT2D eigenvalue weighted by Crippen LogP contribution is 1.98. The predicted molar refractivity (Wildman–Crippen MR) is 48.9 cm³/mol. The number of amidine groups is 1. The maximum absolute atomic E-state index is 4.08. The second-order valence-electron chi connectivity index (χ2n) is 2.51. The number of nitrogens with one attached hydrogen (secondary N) is 1. The van der Waals surface area contributed by atoms with E-state index in [-0.39, 0.29) is 0 Å². The fourth-order valence-electron chi connectivity index (χ4n) is 1.01. The molecule has 0 radical (unpaired) electrons. The molecule has 0 aromatic carbocycles. The smallest absolute Gasteiger partial charge is 0.120 e. The Balaban J connectivity index is 2.66. The van der Waals surface area contributed by atoms with Crippen molar-refractivity contribution >= 4 is 5.84 Å². The van der Waals surface area contributed by atoms with E-state index >= 15 is 0 Å². The lowest BCUT2D eigenvalue weighted by molar-refractivity contribution is 0.705. The van der Waals surface area contributed by atoms with E-state index in [2.05, 4.69) is 29.4 Å². The maximum atomic E-state index is 4.08. The van der Waals surface area contributed by atoms with Gasteiger partial charge >= 0.3 is 0 Å². The van der Waals surface area contributed by atoms with Gasteiger partial charge in [-0.15, -0.1) is 0 Å². The monoisotopic (exact) mass is 150 g/mol. The Morgan fingerprint density at radius 2 is 2.36 bits per heavy atom. The standard InChI is InChI=1S/C9H14N2/c1-3-8-6-4-5-7-9(10-2)11-8/h4-8H,3H2,1-2H3,(H,10,11). The van der Waals surface area contributed by atoms with Crippen molar-refractivity contribution in [3.05, 3.63) is 24.3 Å². The van der Waals surface area contributed by atoms with Crippen molar-refractivity contribution in [3.63, 3.8) is 0 Å². The Labute approximate surface area is 67.7 Å². The minimum atomic E-state index is 0.434. The lowest BCUT2D eigenvalue weighted by atomic mass is 10.2. The van der Waals surface area contributed by atoms with Crippen LogP contribution >= 0.6 is 0 Å². The van der Waals surface area contributed by atoms with Crippen molar-refractivity contribution in [2.75, 3.05) is 7.05 Å². The molecule has 0 amide bonds. The largest absolute Gasteiger partial charge is 0.364 e. The minimum absolute atomic E-state index is 0.434. The van der Waals surface area contributed by atoms with Crippen LogP contribution in [-0.2, 0) is 0 Å². The normalized spacial score (nSPS) is 26.7. The zero-order valence-electron chi connectivity index (χ0n) is 7.04. The minimum Gasteiger partial charge on any atom is -0.364 e. The number of hydrogen-bond acceptors (Lipinski definition) is 1. The highest BCUT2D eigenvalue weighted by Gasteiger charge is 2.03. The first-order chi connectivity index (χ1) is 5.36. The van der Waals surface area contributed by atoms with E-state index in [0.717, 1.165) is 12.3 Å². The van der Waals surface area contributed by atoms with Gasteiger partial charge in [0, 0.05) is 13.1 Å². The molecule has 1 aliphatic rings. The topological polar surface area (TPSA) is 24.4 Å². The molecule has 0 saturated carbocycles. The molecule has 1 N–H and O–H groups in total. The predicted octanol–water partition coefficient (Wildman–Crippen LogP) is 1.51. The summed E-state index contributed by atoms with van der Waals surface area (Å²) in [6, 6.07) is 0.434. The lowest BCUT2D eigenvalue weighted by Crippen LogP contribution is -2.30. The molecule has 0 fully saturated rings. The third kappa shape index (κ3) is 2.22. The van der Waals surface area contributed by atoms with E-state index in [1.807, 2.05) is 12.2 Å². The first-order valence-corrected chi connectivity index (χ1v) is 3.95. The van der Waals surface area contributed by atoms with Crippen LogP contribution in [0.25, 0.3) is 0 Å². The van der Waals surface area contributed by atoms with Crippen LogP contribution < -0.4 is 5.32 Å². The second kappa shape index (κ2) is 3.96. The van der Waals surface area contributed by atoms with Crippen LogP contribution in [0.2, 0.25) is 0 Å². The third-order valence-electron chi connectivity index (χ3n) is 1.72. The molecule has 0 aromatic heterocycles. The average Bonchev–Trinajstić information content (AvgIpc) is 2.28. The highest BCUT2D eigenvalue weighted by molar-refractivity contribution is 5.93. The van der Waals surface area contributed by atoms with Crippen LogP contribution in [0.1, 0.15) is 13.3 Å². The van der Waals surface area contributed by atoms with Crippen LogP contribution in [0.3, 0.4) is 0 Å². The number of hydrogen-bond donors (Lipinski definition) is 1. The maximum Gasteiger partial charge on any atom is 0.120 e. The van der Waals surface area contributed by atoms with Gasteiger partial charge in [-0.2, -0.15) is 0 Å². The zero-order valence-corrected chi connectivity index (χ0v) is 7.04. The first-order valence-electron chi connectivity index (χ1n) is 3.95. The Morgan fingerprint density at radius 1 is 1.55 bits per heavy atom. The fraction of sp³-hybridized carbons (Fsp3) is 0.444. The fourth-order valence-corrected chi connectivity index (χ4v) is 1.01. The molecule has 1 unspecified atom stereocenters. The Bertz CT molecular complexity index is 202. The Kier molecular flexibility index (Phi) is 2.90. The lowest BCUT2D eigenvalue weighted by Gasteiger charge is -2.11. The summed E-state index contributed by atoms with van der Waals surface area (Å²) in [6.07, 6.45) is 9.28. The second-order valence-corrected chi connectivity index (χ2v) is 2.51. The van der Waals surface area contributed by atoms with Gasteiger partial charge in [0.15, 0.2) is 0 Å². The van der Waals surface area contributed by atoms with Crippen LogP contribution in [0.4, 0.5) is 0 Å². The number of allylic oxidation sites excluding steroid dienone is 2. The molecular formula is C9H14N2. The van der Waals surface area contributed by atoms with Crippen molar-refractivity contribution in [1.82, 2.24) is 5.32 Å². The van der Waals surface area contributed by atoms with E-state index in [1.54, 1.807) is 7.05 Å². The Hall–Kier alpha value is -1.05. The molecule has 0 aromatic rings. The van der Waals surface area contributed by atoms with Gasteiger partial charge in [0.25, 0.3) is 0 Å². The van der Waals surface area contributed by atoms with E-state index in [1.165, 1.54) is 0 Å². The summed E-state index contributed by atoms with van der Waals surface area (Å²) in [5.74, 6) is 0.960. The van der Waals surface area contributed by atoms with E-state index in [9.17, 15) is 0 Å². The summed E-state index contributed by atoms with van der Waals surface area (Å²) >= 11 is 0. The number of nitrogens with zero attached hydrogens (tertiary/aromatic N) is 1. The van der Waals surface area contributed by atoms with Crippen molar-refractivity contribution in [1.29, 1.82) is 0 Å². The van der Waals surface area contributed by atoms with Crippen molar-refractivity contribution in [2.24, 2.45) is 4.99 Å². The molecule has 1 rings (SSSR count). The average molecular weight is 150 g/mol. The van der Waals surface area contributed by atoms with Gasteiger partial charge < -0.3 is 5.32 Å². The van der Waals surface area contributed by atoms with E-state index in [4.69, 9.17) is 0 Å². The molecule has 2 nitrogen and oxygen atoms in total. The summed E-state index contributed by atoms with van der Waals surface area (Å²) in [5, 5.41) is 3.29. The van der Waals surface area contributed by atoms with Gasteiger partial charge in [0.05, 0.1) is 0 Å². The van der Waals surface area contributed by atoms with Crippen LogP contribution in [0, 0.1) is 0 Å². The molecule has 11 heavy (non-hydrogen) atoms. The summed E-state index contributed by atoms with van der Waals surface area (Å²) in [6.45, 7) is 2.15. The van der Waals surface area contributed by atoms with Crippen molar-refractivity contribution in [3.8, 4) is 0 Å². The van der Waals surface area contributed by atoms with Crippen LogP contribution in [0.5, 0.6) is 0 Å². The van der Waals surface area contributed by atoms with Gasteiger partial charge in [-0.25, -0.2) is 0 Å². The van der Waals surface area contributed by atoms with Crippen LogP contribution in [-0.4, -0.2) is 18.9 Å².